The van der Waals surface area contributed by atoms with Crippen molar-refractivity contribution in [3.05, 3.63) is 144 Å². The van der Waals surface area contributed by atoms with Crippen LogP contribution in [0.3, 0.4) is 0 Å². The van der Waals surface area contributed by atoms with E-state index in [0.29, 0.717) is 38.5 Å². The van der Waals surface area contributed by atoms with Crippen molar-refractivity contribution in [2.24, 2.45) is 4.99 Å². The summed E-state index contributed by atoms with van der Waals surface area (Å²) in [5, 5.41) is 0. The number of hydrogen-bond donors (Lipinski definition) is 0. The van der Waals surface area contributed by atoms with E-state index in [1.165, 1.54) is 11.3 Å². The largest absolute Gasteiger partial charge is 0.491 e. The van der Waals surface area contributed by atoms with E-state index in [4.69, 9.17) is 19.2 Å². The standard InChI is InChI=1S/C39H39N3O5S/c1-7-45-38(44)35-26(5)40-39-42(36(35)32-15-11-12-16-33(32)47-24(2)3)37(43)34(48-39)22-29-21-25(4)41(27(29)6)30-17-19-31(20-18-30)46-23-28-13-9-8-10-14-28/h8-22,24,36H,7,23H2,1-6H3/b34-22-/t36-/m0/s1. The molecule has 0 bridgehead atoms. The normalized spacial score (nSPS) is 14.6. The molecule has 3 heterocycles. The Morgan fingerprint density at radius 3 is 2.40 bits per heavy atom. The number of allylic oxidation sites excluding steroid dienone is 1. The third kappa shape index (κ3) is 6.51. The van der Waals surface area contributed by atoms with E-state index in [-0.39, 0.29) is 18.3 Å². The zero-order valence-electron chi connectivity index (χ0n) is 28.0. The minimum absolute atomic E-state index is 0.105. The van der Waals surface area contributed by atoms with Gasteiger partial charge in [0.15, 0.2) is 4.80 Å². The Morgan fingerprint density at radius 1 is 0.979 bits per heavy atom. The third-order valence-electron chi connectivity index (χ3n) is 8.19. The summed E-state index contributed by atoms with van der Waals surface area (Å²) in [6, 6.07) is 26.9. The van der Waals surface area contributed by atoms with E-state index in [9.17, 15) is 9.59 Å². The number of benzene rings is 3. The van der Waals surface area contributed by atoms with Crippen LogP contribution in [-0.4, -0.2) is 27.8 Å². The molecule has 246 valence electrons. The lowest BCUT2D eigenvalue weighted by Gasteiger charge is -2.26. The van der Waals surface area contributed by atoms with E-state index < -0.39 is 12.0 Å². The van der Waals surface area contributed by atoms with Crippen LogP contribution in [0, 0.1) is 13.8 Å². The van der Waals surface area contributed by atoms with Gasteiger partial charge in [0.1, 0.15) is 24.1 Å². The molecule has 3 aromatic carbocycles. The predicted octanol–water partition coefficient (Wildman–Crippen LogP) is 6.57. The monoisotopic (exact) mass is 661 g/mol. The Balaban J connectivity index is 1.39. The number of nitrogens with zero attached hydrogens (tertiary/aromatic N) is 3. The zero-order valence-corrected chi connectivity index (χ0v) is 28.8. The van der Waals surface area contributed by atoms with Gasteiger partial charge < -0.3 is 18.8 Å². The molecule has 0 spiro atoms. The number of esters is 1. The average molecular weight is 662 g/mol. The van der Waals surface area contributed by atoms with Gasteiger partial charge in [0, 0.05) is 22.6 Å². The molecule has 0 saturated heterocycles. The summed E-state index contributed by atoms with van der Waals surface area (Å²) >= 11 is 1.31. The van der Waals surface area contributed by atoms with E-state index >= 15 is 0 Å². The van der Waals surface area contributed by atoms with Crippen LogP contribution in [0.2, 0.25) is 0 Å². The maximum Gasteiger partial charge on any atom is 0.338 e. The number of hydrogen-bond acceptors (Lipinski definition) is 7. The van der Waals surface area contributed by atoms with Crippen LogP contribution in [0.1, 0.15) is 61.8 Å². The van der Waals surface area contributed by atoms with E-state index in [2.05, 4.69) is 10.6 Å². The van der Waals surface area contributed by atoms with E-state index in [1.807, 2.05) is 113 Å². The van der Waals surface area contributed by atoms with Crippen molar-refractivity contribution in [2.75, 3.05) is 6.61 Å². The van der Waals surface area contributed by atoms with Crippen molar-refractivity contribution in [3.8, 4) is 17.2 Å². The van der Waals surface area contributed by atoms with Crippen LogP contribution in [0.4, 0.5) is 0 Å². The molecule has 6 rings (SSSR count). The van der Waals surface area contributed by atoms with Gasteiger partial charge in [0.25, 0.3) is 5.56 Å². The number of aromatic nitrogens is 2. The van der Waals surface area contributed by atoms with Crippen molar-refractivity contribution in [2.45, 2.75) is 60.3 Å². The number of aryl methyl sites for hydroxylation is 1. The highest BCUT2D eigenvalue weighted by atomic mass is 32.1. The fourth-order valence-electron chi connectivity index (χ4n) is 6.06. The fourth-order valence-corrected chi connectivity index (χ4v) is 7.10. The van der Waals surface area contributed by atoms with Gasteiger partial charge in [-0.05, 0) is 95.1 Å². The Morgan fingerprint density at radius 2 is 1.69 bits per heavy atom. The van der Waals surface area contributed by atoms with Gasteiger partial charge in [-0.3, -0.25) is 9.36 Å². The van der Waals surface area contributed by atoms with Gasteiger partial charge in [0.05, 0.1) is 28.5 Å². The summed E-state index contributed by atoms with van der Waals surface area (Å²) in [5.74, 6) is 0.889. The first-order valence-electron chi connectivity index (χ1n) is 16.1. The molecule has 1 aliphatic rings. The van der Waals surface area contributed by atoms with E-state index in [0.717, 1.165) is 34.0 Å². The molecule has 48 heavy (non-hydrogen) atoms. The van der Waals surface area contributed by atoms with Gasteiger partial charge in [-0.1, -0.05) is 59.9 Å². The lowest BCUT2D eigenvalue weighted by molar-refractivity contribution is -0.139. The molecule has 0 saturated carbocycles. The number of fused-ring (bicyclic) bond motifs is 1. The van der Waals surface area contributed by atoms with Crippen LogP contribution >= 0.6 is 11.3 Å². The number of ether oxygens (including phenoxy) is 3. The van der Waals surface area contributed by atoms with Crippen LogP contribution in [0.5, 0.6) is 11.5 Å². The van der Waals surface area contributed by atoms with E-state index in [1.54, 1.807) is 18.4 Å². The molecule has 1 atom stereocenters. The quantitative estimate of drug-likeness (QED) is 0.158. The van der Waals surface area contributed by atoms with Gasteiger partial charge in [-0.15, -0.1) is 0 Å². The van der Waals surface area contributed by atoms with Crippen molar-refractivity contribution in [1.82, 2.24) is 9.13 Å². The summed E-state index contributed by atoms with van der Waals surface area (Å²) < 4.78 is 21.9. The van der Waals surface area contributed by atoms with Crippen molar-refractivity contribution in [1.29, 1.82) is 0 Å². The Bertz CT molecular complexity index is 2170. The SMILES string of the molecule is CCOC(=O)C1=C(C)N=c2s/c(=C\c3cc(C)n(-c4ccc(OCc5ccccc5)cc4)c3C)c(=O)n2[C@H]1c1ccccc1OC(C)C. The van der Waals surface area contributed by atoms with Crippen LogP contribution in [-0.2, 0) is 16.1 Å². The molecule has 0 N–H and O–H groups in total. The van der Waals surface area contributed by atoms with Crippen molar-refractivity contribution >= 4 is 23.4 Å². The molecule has 1 aliphatic heterocycles. The molecule has 0 unspecified atom stereocenters. The number of para-hydroxylation sites is 1. The number of thiazole rings is 1. The van der Waals surface area contributed by atoms with Crippen LogP contribution in [0.15, 0.2) is 106 Å². The third-order valence-corrected chi connectivity index (χ3v) is 9.18. The summed E-state index contributed by atoms with van der Waals surface area (Å²) in [6.45, 7) is 12.2. The first-order valence-corrected chi connectivity index (χ1v) is 16.9. The number of carbonyl (C=O) groups is 1. The molecule has 9 heteroatoms. The first kappa shape index (κ1) is 32.8. The van der Waals surface area contributed by atoms with Gasteiger partial charge in [0.2, 0.25) is 0 Å². The molecular weight excluding hydrogens is 623 g/mol. The first-order chi connectivity index (χ1) is 23.2. The summed E-state index contributed by atoms with van der Waals surface area (Å²) in [6.07, 6.45) is 1.81. The smallest absolute Gasteiger partial charge is 0.338 e. The summed E-state index contributed by atoms with van der Waals surface area (Å²) in [5.41, 5.74) is 6.35. The Labute approximate surface area is 283 Å². The maximum absolute atomic E-state index is 14.3. The maximum atomic E-state index is 14.3. The second-order valence-corrected chi connectivity index (χ2v) is 12.9. The molecule has 5 aromatic rings. The lowest BCUT2D eigenvalue weighted by Crippen LogP contribution is -2.40. The zero-order chi connectivity index (χ0) is 33.9. The Hall–Kier alpha value is -5.15. The van der Waals surface area contributed by atoms with Gasteiger partial charge >= 0.3 is 5.97 Å². The number of rotatable bonds is 10. The van der Waals surface area contributed by atoms with Crippen LogP contribution in [0.25, 0.3) is 11.8 Å². The van der Waals surface area contributed by atoms with Gasteiger partial charge in [-0.25, -0.2) is 9.79 Å². The molecule has 8 nitrogen and oxygen atoms in total. The molecule has 0 amide bonds. The average Bonchev–Trinajstić information content (AvgIpc) is 3.53. The molecule has 0 aliphatic carbocycles. The molecular formula is C39H39N3O5S. The van der Waals surface area contributed by atoms with Gasteiger partial charge in [-0.2, -0.15) is 0 Å². The second-order valence-electron chi connectivity index (χ2n) is 11.9. The molecule has 0 fully saturated rings. The summed E-state index contributed by atoms with van der Waals surface area (Å²) in [4.78, 5) is 32.9. The highest BCUT2D eigenvalue weighted by Crippen LogP contribution is 2.36. The predicted molar refractivity (Wildman–Crippen MR) is 189 cm³/mol. The number of carbonyl (C=O) groups excluding carboxylic acids is 1. The Kier molecular flexibility index (Phi) is 9.50. The highest BCUT2D eigenvalue weighted by molar-refractivity contribution is 7.07. The van der Waals surface area contributed by atoms with Crippen molar-refractivity contribution in [3.63, 3.8) is 0 Å². The van der Waals surface area contributed by atoms with Crippen LogP contribution < -0.4 is 24.4 Å². The molecule has 0 radical (unpaired) electrons. The van der Waals surface area contributed by atoms with Crippen molar-refractivity contribution < 1.29 is 19.0 Å². The fraction of sp³-hybridized carbons (Fsp3) is 0.256. The second kappa shape index (κ2) is 13.9. The minimum atomic E-state index is -0.757. The summed E-state index contributed by atoms with van der Waals surface area (Å²) in [7, 11) is 0. The topological polar surface area (TPSA) is 84.0 Å². The highest BCUT2D eigenvalue weighted by Gasteiger charge is 2.35. The lowest BCUT2D eigenvalue weighted by atomic mass is 9.95. The molecule has 2 aromatic heterocycles. The minimum Gasteiger partial charge on any atom is -0.491 e.